The normalized spacial score (nSPS) is 11.1. The highest BCUT2D eigenvalue weighted by Gasteiger charge is 2.23. The fraction of sp³-hybridized carbons (Fsp3) is 0.417. The van der Waals surface area contributed by atoms with Crippen molar-refractivity contribution in [3.8, 4) is 0 Å². The predicted octanol–water partition coefficient (Wildman–Crippen LogP) is -0.660. The highest BCUT2D eigenvalue weighted by Crippen LogP contribution is 2.05. The van der Waals surface area contributed by atoms with Crippen molar-refractivity contribution in [3.63, 3.8) is 0 Å². The van der Waals surface area contributed by atoms with Gasteiger partial charge in [0.15, 0.2) is 0 Å². The summed E-state index contributed by atoms with van der Waals surface area (Å²) in [6, 6.07) is 0. The van der Waals surface area contributed by atoms with E-state index in [2.05, 4.69) is 0 Å². The molecule has 0 fully saturated rings. The topological polar surface area (TPSA) is 54.9 Å². The van der Waals surface area contributed by atoms with E-state index in [1.54, 1.807) is 0 Å². The maximum absolute atomic E-state index is 11.3. The molecule has 0 aromatic carbocycles. The van der Waals surface area contributed by atoms with Gasteiger partial charge in [-0.1, -0.05) is 0 Å². The Labute approximate surface area is 105 Å². The molecule has 2 aromatic rings. The minimum absolute atomic E-state index is 0.440. The summed E-state index contributed by atoms with van der Waals surface area (Å²) < 4.78 is 7.58. The van der Waals surface area contributed by atoms with Gasteiger partial charge >= 0.3 is 5.97 Å². The highest BCUT2D eigenvalue weighted by molar-refractivity contribution is 5.69. The van der Waals surface area contributed by atoms with Crippen molar-refractivity contribution in [2.45, 2.75) is 13.1 Å². The number of carboxylic acids is 1. The number of rotatable bonds is 5. The van der Waals surface area contributed by atoms with Gasteiger partial charge in [0.1, 0.15) is 43.8 Å². The van der Waals surface area contributed by atoms with Gasteiger partial charge in [-0.15, -0.1) is 0 Å². The first kappa shape index (κ1) is 12.3. The molecule has 0 aliphatic rings. The van der Waals surface area contributed by atoms with Gasteiger partial charge in [0.2, 0.25) is 12.7 Å². The second-order valence-electron chi connectivity index (χ2n) is 4.59. The molecule has 6 nitrogen and oxygen atoms in total. The Morgan fingerprint density at radius 3 is 1.83 bits per heavy atom. The first-order valence-electron chi connectivity index (χ1n) is 5.79. The molecule has 0 aliphatic heterocycles. The fourth-order valence-electron chi connectivity index (χ4n) is 1.94. The number of nitrogens with zero attached hydrogens (tertiary/aromatic N) is 4. The smallest absolute Gasteiger partial charge is 0.314 e. The SMILES string of the molecule is C[n+]1ccn(CC(Cn2cc[n+](C)c2)C(=O)O)c1. The molecule has 0 unspecified atom stereocenters. The van der Waals surface area contributed by atoms with E-state index in [0.29, 0.717) is 13.1 Å². The van der Waals surface area contributed by atoms with Crippen molar-refractivity contribution >= 4 is 5.97 Å². The van der Waals surface area contributed by atoms with Gasteiger partial charge in [0, 0.05) is 0 Å². The van der Waals surface area contributed by atoms with Gasteiger partial charge in [-0.2, -0.15) is 0 Å². The molecule has 0 bridgehead atoms. The second kappa shape index (κ2) is 5.03. The van der Waals surface area contributed by atoms with Crippen LogP contribution in [0.1, 0.15) is 0 Å². The lowest BCUT2D eigenvalue weighted by Gasteiger charge is -2.07. The molecule has 2 rings (SSSR count). The van der Waals surface area contributed by atoms with Crippen molar-refractivity contribution in [1.82, 2.24) is 9.13 Å². The van der Waals surface area contributed by atoms with Crippen LogP contribution in [0.25, 0.3) is 0 Å². The summed E-state index contributed by atoms with van der Waals surface area (Å²) in [5, 5.41) is 9.27. The molecule has 0 saturated heterocycles. The molecule has 0 aliphatic carbocycles. The molecule has 18 heavy (non-hydrogen) atoms. The van der Waals surface area contributed by atoms with E-state index in [1.807, 2.05) is 69.8 Å². The van der Waals surface area contributed by atoms with Crippen LogP contribution in [0.3, 0.4) is 0 Å². The van der Waals surface area contributed by atoms with Crippen LogP contribution in [0.5, 0.6) is 0 Å². The van der Waals surface area contributed by atoms with E-state index in [1.165, 1.54) is 0 Å². The third-order valence-electron chi connectivity index (χ3n) is 2.86. The Balaban J connectivity index is 2.06. The standard InChI is InChI=1S/C12H17N4O2/c1-13-3-5-15(9-13)7-11(12(17)18)8-16-6-4-14(2)10-16/h3-6,9-11H,7-8H2,1-2H3/q+1/p+1. The van der Waals surface area contributed by atoms with Crippen LogP contribution in [0.2, 0.25) is 0 Å². The van der Waals surface area contributed by atoms with Crippen molar-refractivity contribution < 1.29 is 19.0 Å². The Bertz CT molecular complexity index is 502. The van der Waals surface area contributed by atoms with Crippen LogP contribution in [0.4, 0.5) is 0 Å². The minimum atomic E-state index is -0.775. The molecule has 0 radical (unpaired) electrons. The zero-order valence-corrected chi connectivity index (χ0v) is 10.6. The molecule has 0 atom stereocenters. The van der Waals surface area contributed by atoms with Crippen LogP contribution in [-0.4, -0.2) is 20.2 Å². The summed E-state index contributed by atoms with van der Waals surface area (Å²) in [6.07, 6.45) is 11.3. The monoisotopic (exact) mass is 250 g/mol. The van der Waals surface area contributed by atoms with Crippen molar-refractivity contribution in [1.29, 1.82) is 0 Å². The van der Waals surface area contributed by atoms with Gasteiger partial charge in [-0.3, -0.25) is 4.79 Å². The van der Waals surface area contributed by atoms with E-state index < -0.39 is 11.9 Å². The lowest BCUT2D eigenvalue weighted by Crippen LogP contribution is -2.28. The average Bonchev–Trinajstić information content (AvgIpc) is 2.87. The Morgan fingerprint density at radius 1 is 1.11 bits per heavy atom. The van der Waals surface area contributed by atoms with Crippen molar-refractivity contribution in [3.05, 3.63) is 37.4 Å². The first-order chi connectivity index (χ1) is 8.54. The molecule has 2 aromatic heterocycles. The summed E-state index contributed by atoms with van der Waals surface area (Å²) in [5.74, 6) is -1.22. The molecule has 1 N–H and O–H groups in total. The fourth-order valence-corrected chi connectivity index (χ4v) is 1.94. The van der Waals surface area contributed by atoms with E-state index >= 15 is 0 Å². The molecule has 0 spiro atoms. The predicted molar refractivity (Wildman–Crippen MR) is 62.3 cm³/mol. The number of carbonyl (C=O) groups is 1. The lowest BCUT2D eigenvalue weighted by molar-refractivity contribution is -0.671. The van der Waals surface area contributed by atoms with Crippen molar-refractivity contribution in [2.24, 2.45) is 20.0 Å². The van der Waals surface area contributed by atoms with Crippen LogP contribution in [0, 0.1) is 5.92 Å². The Hall–Kier alpha value is -2.11. The second-order valence-corrected chi connectivity index (χ2v) is 4.59. The zero-order chi connectivity index (χ0) is 13.1. The summed E-state index contributed by atoms with van der Waals surface area (Å²) >= 11 is 0. The van der Waals surface area contributed by atoms with Gasteiger partial charge < -0.3 is 5.11 Å². The van der Waals surface area contributed by atoms with Crippen LogP contribution in [0.15, 0.2) is 37.4 Å². The van der Waals surface area contributed by atoms with Gasteiger partial charge in [0.05, 0.1) is 14.1 Å². The number of aromatic nitrogens is 4. The Kier molecular flexibility index (Phi) is 3.45. The van der Waals surface area contributed by atoms with E-state index in [0.717, 1.165) is 0 Å². The van der Waals surface area contributed by atoms with E-state index in [9.17, 15) is 9.90 Å². The first-order valence-corrected chi connectivity index (χ1v) is 5.79. The van der Waals surface area contributed by atoms with E-state index in [4.69, 9.17) is 0 Å². The number of aliphatic carboxylic acids is 1. The molecule has 96 valence electrons. The third-order valence-corrected chi connectivity index (χ3v) is 2.86. The van der Waals surface area contributed by atoms with Crippen molar-refractivity contribution in [2.75, 3.05) is 0 Å². The van der Waals surface area contributed by atoms with E-state index in [-0.39, 0.29) is 0 Å². The minimum Gasteiger partial charge on any atom is -0.481 e. The van der Waals surface area contributed by atoms with Gasteiger partial charge in [-0.05, 0) is 0 Å². The number of carboxylic acid groups (broad SMARTS) is 1. The van der Waals surface area contributed by atoms with Crippen LogP contribution >= 0.6 is 0 Å². The average molecular weight is 250 g/mol. The molecular weight excluding hydrogens is 232 g/mol. The molecular formula is C12H18N4O2+2. The number of aryl methyl sites for hydroxylation is 2. The third kappa shape index (κ3) is 2.97. The number of hydrogen-bond acceptors (Lipinski definition) is 1. The van der Waals surface area contributed by atoms with Crippen LogP contribution < -0.4 is 9.13 Å². The summed E-state index contributed by atoms with van der Waals surface area (Å²) in [6.45, 7) is 0.941. The van der Waals surface area contributed by atoms with Gasteiger partial charge in [0.25, 0.3) is 0 Å². The molecule has 0 amide bonds. The zero-order valence-electron chi connectivity index (χ0n) is 10.6. The summed E-state index contributed by atoms with van der Waals surface area (Å²) in [7, 11) is 3.83. The lowest BCUT2D eigenvalue weighted by atomic mass is 10.1. The number of hydrogen-bond donors (Lipinski definition) is 1. The molecule has 0 saturated carbocycles. The quantitative estimate of drug-likeness (QED) is 0.716. The summed E-state index contributed by atoms with van der Waals surface area (Å²) in [4.78, 5) is 11.3. The summed E-state index contributed by atoms with van der Waals surface area (Å²) in [5.41, 5.74) is 0. The number of imidazole rings is 2. The Morgan fingerprint density at radius 2 is 1.56 bits per heavy atom. The van der Waals surface area contributed by atoms with Gasteiger partial charge in [-0.25, -0.2) is 18.3 Å². The maximum Gasteiger partial charge on any atom is 0.314 e. The highest BCUT2D eigenvalue weighted by atomic mass is 16.4. The largest absolute Gasteiger partial charge is 0.481 e. The molecule has 6 heteroatoms. The maximum atomic E-state index is 11.3. The molecule has 2 heterocycles. The van der Waals surface area contributed by atoms with Crippen LogP contribution in [-0.2, 0) is 32.0 Å².